The van der Waals surface area contributed by atoms with Crippen LogP contribution in [0.4, 0.5) is 0 Å². The molecule has 4 aromatic rings. The highest BCUT2D eigenvalue weighted by Gasteiger charge is 2.11. The molecule has 0 aliphatic carbocycles. The van der Waals surface area contributed by atoms with Crippen LogP contribution in [0.15, 0.2) is 65.1 Å². The third kappa shape index (κ3) is 6.68. The van der Waals surface area contributed by atoms with E-state index >= 15 is 0 Å². The highest BCUT2D eigenvalue weighted by molar-refractivity contribution is 9.10. The standard InChI is InChI=1S/C29H31BrClN3O2/c1-20-18-24(19-21(2)28(20)31)36-17-16-34-26-9-6-5-8-25(26)33-27(34)10-4-3-7-15-32-29(35)22-11-13-23(30)14-12-22/h5-6,8-9,11-14,18-19H,3-4,7,10,15-17H2,1-2H3,(H,32,35). The van der Waals surface area contributed by atoms with Gasteiger partial charge in [0, 0.05) is 28.0 Å². The van der Waals surface area contributed by atoms with E-state index in [2.05, 4.69) is 37.9 Å². The molecule has 0 aliphatic rings. The summed E-state index contributed by atoms with van der Waals surface area (Å²) in [6.45, 7) is 5.93. The number of aromatic nitrogens is 2. The Kier molecular flexibility index (Phi) is 9.05. The highest BCUT2D eigenvalue weighted by atomic mass is 79.9. The summed E-state index contributed by atoms with van der Waals surface area (Å²) in [5.41, 5.74) is 4.86. The Balaban J connectivity index is 1.29. The minimum absolute atomic E-state index is 0.0321. The number of hydrogen-bond donors (Lipinski definition) is 1. The van der Waals surface area contributed by atoms with Crippen LogP contribution in [0.25, 0.3) is 11.0 Å². The maximum absolute atomic E-state index is 12.3. The van der Waals surface area contributed by atoms with Gasteiger partial charge in [-0.15, -0.1) is 0 Å². The van der Waals surface area contributed by atoms with Crippen LogP contribution in [0.1, 0.15) is 46.6 Å². The van der Waals surface area contributed by atoms with Gasteiger partial charge in [0.1, 0.15) is 18.2 Å². The lowest BCUT2D eigenvalue weighted by atomic mass is 10.1. The van der Waals surface area contributed by atoms with Gasteiger partial charge in [-0.2, -0.15) is 0 Å². The van der Waals surface area contributed by atoms with Crippen LogP contribution in [0.5, 0.6) is 5.75 Å². The van der Waals surface area contributed by atoms with Gasteiger partial charge in [-0.25, -0.2) is 4.98 Å². The number of nitrogens with zero attached hydrogens (tertiary/aromatic N) is 2. The number of carbonyl (C=O) groups is 1. The second-order valence-corrected chi connectivity index (χ2v) is 10.3. The zero-order valence-electron chi connectivity index (χ0n) is 20.7. The molecular formula is C29H31BrClN3O2. The van der Waals surface area contributed by atoms with E-state index in [4.69, 9.17) is 21.3 Å². The summed E-state index contributed by atoms with van der Waals surface area (Å²) < 4.78 is 9.30. The fourth-order valence-corrected chi connectivity index (χ4v) is 4.67. The Labute approximate surface area is 226 Å². The number of unbranched alkanes of at least 4 members (excludes halogenated alkanes) is 2. The zero-order chi connectivity index (χ0) is 25.5. The van der Waals surface area contributed by atoms with E-state index in [9.17, 15) is 4.79 Å². The van der Waals surface area contributed by atoms with E-state index < -0.39 is 0 Å². The fourth-order valence-electron chi connectivity index (χ4n) is 4.30. The second kappa shape index (κ2) is 12.4. The molecule has 0 saturated carbocycles. The predicted molar refractivity (Wildman–Crippen MR) is 150 cm³/mol. The van der Waals surface area contributed by atoms with Crippen LogP contribution in [0, 0.1) is 13.8 Å². The van der Waals surface area contributed by atoms with Crippen molar-refractivity contribution in [1.29, 1.82) is 0 Å². The summed E-state index contributed by atoms with van der Waals surface area (Å²) in [5.74, 6) is 1.88. The summed E-state index contributed by atoms with van der Waals surface area (Å²) in [7, 11) is 0. The summed E-state index contributed by atoms with van der Waals surface area (Å²) in [5, 5.41) is 3.79. The molecule has 188 valence electrons. The molecule has 7 heteroatoms. The molecule has 4 rings (SSSR count). The van der Waals surface area contributed by atoms with Crippen molar-refractivity contribution in [2.45, 2.75) is 46.1 Å². The normalized spacial score (nSPS) is 11.1. The molecule has 1 aromatic heterocycles. The first-order chi connectivity index (χ1) is 17.4. The molecule has 3 aromatic carbocycles. The molecule has 0 fully saturated rings. The number of ether oxygens (including phenoxy) is 1. The highest BCUT2D eigenvalue weighted by Crippen LogP contribution is 2.26. The van der Waals surface area contributed by atoms with Crippen LogP contribution in [0.3, 0.4) is 0 Å². The first-order valence-electron chi connectivity index (χ1n) is 12.3. The molecule has 0 radical (unpaired) electrons. The Bertz CT molecular complexity index is 1310. The van der Waals surface area contributed by atoms with Crippen molar-refractivity contribution >= 4 is 44.5 Å². The van der Waals surface area contributed by atoms with Crippen molar-refractivity contribution in [3.8, 4) is 5.75 Å². The van der Waals surface area contributed by atoms with Gasteiger partial charge in [-0.1, -0.05) is 46.1 Å². The maximum atomic E-state index is 12.3. The molecule has 0 spiro atoms. The summed E-state index contributed by atoms with van der Waals surface area (Å²) in [4.78, 5) is 17.1. The number of imidazole rings is 1. The lowest BCUT2D eigenvalue weighted by Gasteiger charge is -2.13. The van der Waals surface area contributed by atoms with Crippen LogP contribution >= 0.6 is 27.5 Å². The number of hydrogen-bond acceptors (Lipinski definition) is 3. The maximum Gasteiger partial charge on any atom is 0.251 e. The third-order valence-corrected chi connectivity index (χ3v) is 7.32. The van der Waals surface area contributed by atoms with Crippen molar-refractivity contribution in [1.82, 2.24) is 14.9 Å². The minimum atomic E-state index is -0.0321. The smallest absolute Gasteiger partial charge is 0.251 e. The van der Waals surface area contributed by atoms with Crippen molar-refractivity contribution in [2.24, 2.45) is 0 Å². The quantitative estimate of drug-likeness (QED) is 0.193. The first-order valence-corrected chi connectivity index (χ1v) is 13.5. The molecule has 0 atom stereocenters. The van der Waals surface area contributed by atoms with Gasteiger partial charge in [0.05, 0.1) is 17.6 Å². The molecule has 0 unspecified atom stereocenters. The molecule has 0 saturated heterocycles. The lowest BCUT2D eigenvalue weighted by molar-refractivity contribution is 0.0953. The Morgan fingerprint density at radius 1 is 1.03 bits per heavy atom. The Morgan fingerprint density at radius 3 is 2.50 bits per heavy atom. The summed E-state index contributed by atoms with van der Waals surface area (Å²) in [6.07, 6.45) is 3.84. The average Bonchev–Trinajstić information content (AvgIpc) is 3.22. The van der Waals surface area contributed by atoms with Gasteiger partial charge in [0.25, 0.3) is 5.91 Å². The van der Waals surface area contributed by atoms with E-state index in [-0.39, 0.29) is 5.91 Å². The molecule has 1 heterocycles. The van der Waals surface area contributed by atoms with Crippen LogP contribution in [0.2, 0.25) is 5.02 Å². The SMILES string of the molecule is Cc1cc(OCCn2c(CCCCCNC(=O)c3ccc(Br)cc3)nc3ccccc32)cc(C)c1Cl. The van der Waals surface area contributed by atoms with Gasteiger partial charge < -0.3 is 14.6 Å². The molecule has 0 aliphatic heterocycles. The number of amides is 1. The number of fused-ring (bicyclic) bond motifs is 1. The van der Waals surface area contributed by atoms with Crippen molar-refractivity contribution in [3.63, 3.8) is 0 Å². The number of halogens is 2. The molecular weight excluding hydrogens is 538 g/mol. The lowest BCUT2D eigenvalue weighted by Crippen LogP contribution is -2.24. The monoisotopic (exact) mass is 567 g/mol. The average molecular weight is 569 g/mol. The summed E-state index contributed by atoms with van der Waals surface area (Å²) >= 11 is 9.68. The zero-order valence-corrected chi connectivity index (χ0v) is 23.0. The number of para-hydroxylation sites is 2. The van der Waals surface area contributed by atoms with Gasteiger partial charge in [-0.05, 0) is 86.3 Å². The Morgan fingerprint density at radius 2 is 1.75 bits per heavy atom. The predicted octanol–water partition coefficient (Wildman–Crippen LogP) is 7.29. The number of carbonyl (C=O) groups excluding carboxylic acids is 1. The number of rotatable bonds is 11. The van der Waals surface area contributed by atoms with Crippen molar-refractivity contribution in [2.75, 3.05) is 13.2 Å². The van der Waals surface area contributed by atoms with Gasteiger partial charge in [-0.3, -0.25) is 4.79 Å². The molecule has 0 bridgehead atoms. The topological polar surface area (TPSA) is 56.1 Å². The van der Waals surface area contributed by atoms with E-state index in [0.29, 0.717) is 18.7 Å². The molecule has 5 nitrogen and oxygen atoms in total. The van der Waals surface area contributed by atoms with Crippen LogP contribution < -0.4 is 10.1 Å². The van der Waals surface area contributed by atoms with Gasteiger partial charge >= 0.3 is 0 Å². The van der Waals surface area contributed by atoms with E-state index in [1.807, 2.05) is 62.4 Å². The van der Waals surface area contributed by atoms with Crippen LogP contribution in [-0.2, 0) is 13.0 Å². The molecule has 1 amide bonds. The number of nitrogens with one attached hydrogen (secondary N) is 1. The van der Waals surface area contributed by atoms with Gasteiger partial charge in [0.2, 0.25) is 0 Å². The molecule has 36 heavy (non-hydrogen) atoms. The Hall–Kier alpha value is -2.83. The number of benzene rings is 3. The minimum Gasteiger partial charge on any atom is -0.492 e. The van der Waals surface area contributed by atoms with Crippen molar-refractivity contribution in [3.05, 3.63) is 92.7 Å². The largest absolute Gasteiger partial charge is 0.492 e. The van der Waals surface area contributed by atoms with Crippen LogP contribution in [-0.4, -0.2) is 28.6 Å². The fraction of sp³-hybridized carbons (Fsp3) is 0.310. The van der Waals surface area contributed by atoms with Crippen molar-refractivity contribution < 1.29 is 9.53 Å². The van der Waals surface area contributed by atoms with E-state index in [1.165, 1.54) is 0 Å². The van der Waals surface area contributed by atoms with E-state index in [0.717, 1.165) is 75.5 Å². The second-order valence-electron chi connectivity index (χ2n) is 8.96. The number of aryl methyl sites for hydroxylation is 3. The van der Waals surface area contributed by atoms with Gasteiger partial charge in [0.15, 0.2) is 0 Å². The summed E-state index contributed by atoms with van der Waals surface area (Å²) in [6, 6.07) is 19.6. The first kappa shape index (κ1) is 26.2. The van der Waals surface area contributed by atoms with E-state index in [1.54, 1.807) is 0 Å². The third-order valence-electron chi connectivity index (χ3n) is 6.20. The molecule has 1 N–H and O–H groups in total.